The summed E-state index contributed by atoms with van der Waals surface area (Å²) in [5, 5.41) is 20.0. The summed E-state index contributed by atoms with van der Waals surface area (Å²) >= 11 is 0. The highest BCUT2D eigenvalue weighted by molar-refractivity contribution is 7.86. The van der Waals surface area contributed by atoms with Crippen molar-refractivity contribution >= 4 is 44.2 Å². The Morgan fingerprint density at radius 1 is 0.868 bits per heavy atom. The number of allylic oxidation sites excluding steroid dienone is 5. The van der Waals surface area contributed by atoms with E-state index in [1.54, 1.807) is 0 Å². The Labute approximate surface area is 216 Å². The van der Waals surface area contributed by atoms with Gasteiger partial charge in [0.15, 0.2) is 0 Å². The van der Waals surface area contributed by atoms with Gasteiger partial charge in [-0.15, -0.1) is 5.10 Å². The SMILES string of the molecule is O=[N+]([O-])c1ccc(/C=C/c2ccc(-n3nc4c(n3)C3C=CC=CC3C=C4)cc2S(=O)(=O)O)c(S(=O)(=O)O)c1. The van der Waals surface area contributed by atoms with Gasteiger partial charge in [-0.25, -0.2) is 0 Å². The highest BCUT2D eigenvalue weighted by atomic mass is 32.2. The van der Waals surface area contributed by atoms with E-state index >= 15 is 0 Å². The monoisotopic (exact) mass is 554 g/mol. The first-order valence-electron chi connectivity index (χ1n) is 11.0. The van der Waals surface area contributed by atoms with Gasteiger partial charge in [-0.1, -0.05) is 48.6 Å². The van der Waals surface area contributed by atoms with Gasteiger partial charge >= 0.3 is 0 Å². The Morgan fingerprint density at radius 2 is 1.50 bits per heavy atom. The number of nitrogens with zero attached hydrogens (tertiary/aromatic N) is 4. The molecule has 0 radical (unpaired) electrons. The molecule has 38 heavy (non-hydrogen) atoms. The molecule has 14 heteroatoms. The maximum Gasteiger partial charge on any atom is 0.295 e. The van der Waals surface area contributed by atoms with Crippen molar-refractivity contribution in [1.29, 1.82) is 0 Å². The van der Waals surface area contributed by atoms with Crippen molar-refractivity contribution in [3.63, 3.8) is 0 Å². The standard InChI is InChI=1S/C24H18N4O8S2/c29-28(30)19-11-8-17(23(14-19)38(34,35)36)6-5-16-7-10-18(13-22(16)37(31,32)33)27-25-21-12-9-15-3-1-2-4-20(15)24(21)26-27/h1-15,20H,(H,31,32,33)(H,34,35,36)/b6-5+. The van der Waals surface area contributed by atoms with Crippen molar-refractivity contribution in [3.8, 4) is 5.69 Å². The fourth-order valence-electron chi connectivity index (χ4n) is 4.27. The van der Waals surface area contributed by atoms with Crippen molar-refractivity contribution in [1.82, 2.24) is 15.0 Å². The zero-order chi connectivity index (χ0) is 27.2. The number of fused-ring (bicyclic) bond motifs is 3. The Morgan fingerprint density at radius 3 is 2.16 bits per heavy atom. The first-order valence-corrected chi connectivity index (χ1v) is 13.9. The molecule has 5 rings (SSSR count). The number of aromatic nitrogens is 3. The Hall–Kier alpha value is -4.24. The second kappa shape index (κ2) is 9.25. The van der Waals surface area contributed by atoms with Crippen LogP contribution in [0.1, 0.15) is 28.4 Å². The lowest BCUT2D eigenvalue weighted by molar-refractivity contribution is -0.385. The van der Waals surface area contributed by atoms with Crippen molar-refractivity contribution < 1.29 is 30.9 Å². The van der Waals surface area contributed by atoms with Crippen LogP contribution in [0.25, 0.3) is 23.9 Å². The third-order valence-corrected chi connectivity index (χ3v) is 7.89. The smallest absolute Gasteiger partial charge is 0.282 e. The van der Waals surface area contributed by atoms with Crippen LogP contribution in [0.2, 0.25) is 0 Å². The summed E-state index contributed by atoms with van der Waals surface area (Å²) in [7, 11) is -9.60. The molecular formula is C24H18N4O8S2. The molecule has 194 valence electrons. The lowest BCUT2D eigenvalue weighted by Crippen LogP contribution is -2.13. The van der Waals surface area contributed by atoms with Crippen molar-refractivity contribution in [2.75, 3.05) is 0 Å². The van der Waals surface area contributed by atoms with Crippen molar-refractivity contribution in [3.05, 3.63) is 99.4 Å². The molecule has 12 nitrogen and oxygen atoms in total. The largest absolute Gasteiger partial charge is 0.295 e. The highest BCUT2D eigenvalue weighted by Crippen LogP contribution is 2.36. The maximum absolute atomic E-state index is 12.2. The summed E-state index contributed by atoms with van der Waals surface area (Å²) in [6, 6.07) is 6.84. The average molecular weight is 555 g/mol. The number of benzene rings is 2. The lowest BCUT2D eigenvalue weighted by atomic mass is 9.82. The molecule has 0 amide bonds. The lowest BCUT2D eigenvalue weighted by Gasteiger charge is -2.22. The van der Waals surface area contributed by atoms with E-state index in [-0.39, 0.29) is 28.7 Å². The molecule has 2 aliphatic carbocycles. The van der Waals surface area contributed by atoms with Gasteiger partial charge in [-0.05, 0) is 35.4 Å². The zero-order valence-corrected chi connectivity index (χ0v) is 20.8. The molecule has 1 aromatic heterocycles. The van der Waals surface area contributed by atoms with E-state index in [1.165, 1.54) is 23.0 Å². The zero-order valence-electron chi connectivity index (χ0n) is 19.2. The predicted molar refractivity (Wildman–Crippen MR) is 137 cm³/mol. The minimum Gasteiger partial charge on any atom is -0.282 e. The van der Waals surface area contributed by atoms with Crippen LogP contribution in [0, 0.1) is 16.0 Å². The molecule has 0 saturated heterocycles. The molecule has 0 saturated carbocycles. The Kier molecular flexibility index (Phi) is 6.19. The van der Waals surface area contributed by atoms with E-state index in [4.69, 9.17) is 0 Å². The van der Waals surface area contributed by atoms with Crippen LogP contribution in [-0.2, 0) is 20.2 Å². The Bertz CT molecular complexity index is 1820. The van der Waals surface area contributed by atoms with Crippen molar-refractivity contribution in [2.45, 2.75) is 15.7 Å². The first kappa shape index (κ1) is 25.4. The summed E-state index contributed by atoms with van der Waals surface area (Å²) in [5.41, 5.74) is 0.867. The maximum atomic E-state index is 12.2. The van der Waals surface area contributed by atoms with E-state index < -0.39 is 40.6 Å². The quantitative estimate of drug-likeness (QED) is 0.197. The number of hydrogen-bond donors (Lipinski definition) is 2. The van der Waals surface area contributed by atoms with E-state index in [9.17, 15) is 36.1 Å². The number of nitro groups is 1. The fourth-order valence-corrected chi connectivity index (χ4v) is 5.68. The second-order valence-corrected chi connectivity index (χ2v) is 11.3. The summed E-state index contributed by atoms with van der Waals surface area (Å²) in [4.78, 5) is 10.2. The third kappa shape index (κ3) is 4.84. The molecule has 3 aromatic rings. The van der Waals surface area contributed by atoms with Gasteiger partial charge in [-0.3, -0.25) is 19.2 Å². The van der Waals surface area contributed by atoms with Gasteiger partial charge in [0.05, 0.1) is 16.3 Å². The van der Waals surface area contributed by atoms with Gasteiger partial charge in [0, 0.05) is 24.0 Å². The molecule has 0 fully saturated rings. The average Bonchev–Trinajstić information content (AvgIpc) is 3.31. The molecule has 2 unspecified atom stereocenters. The number of hydrogen-bond acceptors (Lipinski definition) is 8. The van der Waals surface area contributed by atoms with Crippen molar-refractivity contribution in [2.24, 2.45) is 5.92 Å². The first-order chi connectivity index (χ1) is 17.9. The van der Waals surface area contributed by atoms with Gasteiger partial charge in [0.25, 0.3) is 25.9 Å². The number of nitro benzene ring substituents is 1. The molecule has 2 aromatic carbocycles. The van der Waals surface area contributed by atoms with E-state index in [2.05, 4.69) is 10.2 Å². The third-order valence-electron chi connectivity index (χ3n) is 6.07. The Balaban J connectivity index is 1.55. The molecule has 0 bridgehead atoms. The predicted octanol–water partition coefficient (Wildman–Crippen LogP) is 3.69. The van der Waals surface area contributed by atoms with Gasteiger partial charge in [0.2, 0.25) is 0 Å². The highest BCUT2D eigenvalue weighted by Gasteiger charge is 2.28. The van der Waals surface area contributed by atoms with Crippen LogP contribution >= 0.6 is 0 Å². The second-order valence-electron chi connectivity index (χ2n) is 8.48. The van der Waals surface area contributed by atoms with Gasteiger partial charge in [0.1, 0.15) is 15.5 Å². The summed E-state index contributed by atoms with van der Waals surface area (Å²) in [5.74, 6) is 0.112. The number of non-ortho nitro benzene ring substituents is 1. The topological polar surface area (TPSA) is 183 Å². The fraction of sp³-hybridized carbons (Fsp3) is 0.0833. The van der Waals surface area contributed by atoms with Gasteiger partial charge in [-0.2, -0.15) is 26.7 Å². The van der Waals surface area contributed by atoms with Crippen LogP contribution < -0.4 is 0 Å². The minimum absolute atomic E-state index is 0.0179. The molecule has 2 atom stereocenters. The van der Waals surface area contributed by atoms with E-state index in [1.807, 2.05) is 36.5 Å². The van der Waals surface area contributed by atoms with Crippen LogP contribution in [0.3, 0.4) is 0 Å². The number of rotatable bonds is 6. The molecule has 0 aliphatic heterocycles. The molecular weight excluding hydrogens is 536 g/mol. The van der Waals surface area contributed by atoms with E-state index in [0.29, 0.717) is 17.5 Å². The van der Waals surface area contributed by atoms with Crippen LogP contribution in [0.4, 0.5) is 5.69 Å². The summed E-state index contributed by atoms with van der Waals surface area (Å²) in [6.45, 7) is 0. The molecule has 0 spiro atoms. The molecule has 2 aliphatic rings. The van der Waals surface area contributed by atoms with Gasteiger partial charge < -0.3 is 0 Å². The normalized spacial score (nSPS) is 18.5. The van der Waals surface area contributed by atoms with E-state index in [0.717, 1.165) is 24.3 Å². The van der Waals surface area contributed by atoms with Crippen LogP contribution in [-0.4, -0.2) is 45.9 Å². The summed E-state index contributed by atoms with van der Waals surface area (Å²) in [6.07, 6.45) is 14.1. The van der Waals surface area contributed by atoms with Crippen LogP contribution in [0.15, 0.2) is 76.6 Å². The van der Waals surface area contributed by atoms with Crippen LogP contribution in [0.5, 0.6) is 0 Å². The molecule has 1 heterocycles. The summed E-state index contributed by atoms with van der Waals surface area (Å²) < 4.78 is 67.4. The molecule has 2 N–H and O–H groups in total. The minimum atomic E-state index is -4.84.